The Morgan fingerprint density at radius 3 is 2.45 bits per heavy atom. The summed E-state index contributed by atoms with van der Waals surface area (Å²) in [7, 11) is 1.28. The molecule has 3 aromatic carbocycles. The van der Waals surface area contributed by atoms with Crippen molar-refractivity contribution in [1.82, 2.24) is 10.2 Å². The monoisotopic (exact) mass is 601 g/mol. The van der Waals surface area contributed by atoms with E-state index in [0.29, 0.717) is 45.9 Å². The quantitative estimate of drug-likeness (QED) is 0.0771. The number of fused-ring (bicyclic) bond motifs is 1. The highest BCUT2D eigenvalue weighted by Gasteiger charge is 2.48. The molecule has 0 spiro atoms. The number of nitrogens with zero attached hydrogens (tertiary/aromatic N) is 3. The lowest BCUT2D eigenvalue weighted by Gasteiger charge is -2.23. The summed E-state index contributed by atoms with van der Waals surface area (Å²) in [6, 6.07) is 19.9. The minimum absolute atomic E-state index is 0.129. The molecule has 2 aliphatic rings. The van der Waals surface area contributed by atoms with Crippen LogP contribution in [-0.2, 0) is 20.1 Å². The first kappa shape index (κ1) is 27.5. The molecule has 0 radical (unpaired) electrons. The molecule has 42 heavy (non-hydrogen) atoms. The maximum absolute atomic E-state index is 13.5. The average Bonchev–Trinajstić information content (AvgIpc) is 3.61. The molecule has 2 aliphatic heterocycles. The van der Waals surface area contributed by atoms with Gasteiger partial charge in [-0.2, -0.15) is 0 Å². The molecule has 1 fully saturated rings. The summed E-state index contributed by atoms with van der Waals surface area (Å²) in [6.07, 6.45) is 0. The molecule has 0 aliphatic carbocycles. The van der Waals surface area contributed by atoms with Gasteiger partial charge < -0.3 is 19.3 Å². The molecule has 0 bridgehead atoms. The molecule has 12 heteroatoms. The van der Waals surface area contributed by atoms with Gasteiger partial charge in [-0.25, -0.2) is 4.79 Å². The highest BCUT2D eigenvalue weighted by Crippen LogP contribution is 2.45. The van der Waals surface area contributed by atoms with Gasteiger partial charge in [0.1, 0.15) is 19.0 Å². The minimum atomic E-state index is -1.04. The molecule has 0 unspecified atom stereocenters. The van der Waals surface area contributed by atoms with Crippen LogP contribution < -0.4 is 14.4 Å². The van der Waals surface area contributed by atoms with Gasteiger partial charge in [-0.3, -0.25) is 14.5 Å². The zero-order valence-electron chi connectivity index (χ0n) is 22.2. The molecular weight excluding hydrogens is 578 g/mol. The van der Waals surface area contributed by atoms with Crippen molar-refractivity contribution in [2.75, 3.05) is 25.2 Å². The van der Waals surface area contributed by atoms with Crippen molar-refractivity contribution in [3.05, 3.63) is 101 Å². The first-order valence-corrected chi connectivity index (χ1v) is 14.6. The third-order valence-corrected chi connectivity index (χ3v) is 8.84. The number of aliphatic hydroxyl groups is 1. The number of anilines is 1. The third kappa shape index (κ3) is 5.21. The van der Waals surface area contributed by atoms with Crippen LogP contribution in [0, 0.1) is 0 Å². The van der Waals surface area contributed by atoms with Crippen molar-refractivity contribution in [1.29, 1.82) is 0 Å². The van der Waals surface area contributed by atoms with Gasteiger partial charge in [0.2, 0.25) is 5.13 Å². The second-order valence-corrected chi connectivity index (χ2v) is 11.4. The summed E-state index contributed by atoms with van der Waals surface area (Å²) in [6.45, 7) is 0.744. The van der Waals surface area contributed by atoms with Gasteiger partial charge in [0.25, 0.3) is 5.78 Å². The zero-order chi connectivity index (χ0) is 29.2. The molecule has 1 N–H and O–H groups in total. The first-order chi connectivity index (χ1) is 20.4. The van der Waals surface area contributed by atoms with Gasteiger partial charge >= 0.3 is 11.9 Å². The lowest BCUT2D eigenvalue weighted by molar-refractivity contribution is -0.132. The van der Waals surface area contributed by atoms with Crippen molar-refractivity contribution < 1.29 is 33.7 Å². The fourth-order valence-electron chi connectivity index (χ4n) is 4.69. The van der Waals surface area contributed by atoms with E-state index in [2.05, 4.69) is 10.2 Å². The predicted molar refractivity (Wildman–Crippen MR) is 156 cm³/mol. The Balaban J connectivity index is 1.41. The average molecular weight is 602 g/mol. The van der Waals surface area contributed by atoms with E-state index >= 15 is 0 Å². The fourth-order valence-corrected chi connectivity index (χ4v) is 6.51. The van der Waals surface area contributed by atoms with E-state index in [1.807, 2.05) is 30.3 Å². The normalized spacial score (nSPS) is 17.4. The van der Waals surface area contributed by atoms with E-state index in [0.717, 1.165) is 5.56 Å². The van der Waals surface area contributed by atoms with Gasteiger partial charge in [0.05, 0.1) is 24.3 Å². The van der Waals surface area contributed by atoms with Crippen LogP contribution in [0.3, 0.4) is 0 Å². The Hall–Kier alpha value is -4.68. The second-order valence-electron chi connectivity index (χ2n) is 9.27. The van der Waals surface area contributed by atoms with Crippen molar-refractivity contribution in [3.8, 4) is 11.5 Å². The van der Waals surface area contributed by atoms with Crippen LogP contribution >= 0.6 is 23.1 Å². The number of ketones is 1. The number of amides is 1. The Morgan fingerprint density at radius 1 is 1.00 bits per heavy atom. The fraction of sp³-hybridized carbons (Fsp3) is 0.167. The van der Waals surface area contributed by atoms with Gasteiger partial charge in [-0.15, -0.1) is 10.2 Å². The van der Waals surface area contributed by atoms with Gasteiger partial charge in [-0.1, -0.05) is 65.6 Å². The van der Waals surface area contributed by atoms with Crippen LogP contribution in [0.2, 0.25) is 0 Å². The number of ether oxygens (including phenoxy) is 3. The lowest BCUT2D eigenvalue weighted by atomic mass is 9.94. The van der Waals surface area contributed by atoms with Crippen LogP contribution in [0.1, 0.15) is 33.1 Å². The standard InChI is InChI=1S/C30H23N3O7S2/c1-38-28(37)19-9-7-18(8-10-19)24-23(25(34)20-11-12-21-22(15-20)40-14-13-39-21)26(35)27(36)33(24)29-31-32-30(42-29)41-16-17-5-3-2-4-6-17/h2-12,15,24,34H,13-14,16H2,1H3/b25-23+/t24-/m0/s1. The molecule has 1 amide bonds. The van der Waals surface area contributed by atoms with Crippen molar-refractivity contribution in [2.45, 2.75) is 16.1 Å². The molecule has 3 heterocycles. The number of rotatable bonds is 7. The summed E-state index contributed by atoms with van der Waals surface area (Å²) >= 11 is 2.63. The minimum Gasteiger partial charge on any atom is -0.507 e. The molecule has 1 saturated heterocycles. The summed E-state index contributed by atoms with van der Waals surface area (Å²) in [5.41, 5.74) is 2.03. The number of thioether (sulfide) groups is 1. The molecule has 10 nitrogen and oxygen atoms in total. The van der Waals surface area contributed by atoms with Crippen LogP contribution in [0.25, 0.3) is 5.76 Å². The Kier molecular flexibility index (Phi) is 7.64. The van der Waals surface area contributed by atoms with Crippen molar-refractivity contribution >= 4 is 51.6 Å². The number of esters is 1. The highest BCUT2D eigenvalue weighted by molar-refractivity contribution is 8.00. The van der Waals surface area contributed by atoms with Crippen molar-refractivity contribution in [3.63, 3.8) is 0 Å². The van der Waals surface area contributed by atoms with Gasteiger partial charge in [0.15, 0.2) is 15.8 Å². The third-order valence-electron chi connectivity index (χ3n) is 6.71. The number of hydrogen-bond acceptors (Lipinski definition) is 11. The number of Topliss-reactive ketones (excluding diaryl/α,β-unsaturated/α-hetero) is 1. The number of hydrogen-bond donors (Lipinski definition) is 1. The largest absolute Gasteiger partial charge is 0.507 e. The predicted octanol–water partition coefficient (Wildman–Crippen LogP) is 5.01. The summed E-state index contributed by atoms with van der Waals surface area (Å²) in [4.78, 5) is 40.3. The first-order valence-electron chi connectivity index (χ1n) is 12.8. The van der Waals surface area contributed by atoms with Crippen LogP contribution in [0.15, 0.2) is 82.7 Å². The van der Waals surface area contributed by atoms with Crippen LogP contribution in [0.4, 0.5) is 5.13 Å². The molecule has 1 atom stereocenters. The molecule has 6 rings (SSSR count). The van der Waals surface area contributed by atoms with Crippen LogP contribution in [-0.4, -0.2) is 53.3 Å². The van der Waals surface area contributed by atoms with E-state index in [4.69, 9.17) is 14.2 Å². The molecule has 212 valence electrons. The van der Waals surface area contributed by atoms with Crippen molar-refractivity contribution in [2.24, 2.45) is 0 Å². The number of aliphatic hydroxyl groups excluding tert-OH is 1. The number of carbonyl (C=O) groups excluding carboxylic acids is 3. The maximum Gasteiger partial charge on any atom is 0.337 e. The summed E-state index contributed by atoms with van der Waals surface area (Å²) in [5.74, 6) is -1.05. The second kappa shape index (κ2) is 11.7. The van der Waals surface area contributed by atoms with E-state index < -0.39 is 23.7 Å². The molecular formula is C30H23N3O7S2. The van der Waals surface area contributed by atoms with E-state index in [1.165, 1.54) is 47.2 Å². The number of benzene rings is 3. The number of carbonyl (C=O) groups is 3. The Bertz CT molecular complexity index is 1700. The van der Waals surface area contributed by atoms with E-state index in [9.17, 15) is 19.5 Å². The lowest BCUT2D eigenvalue weighted by Crippen LogP contribution is -2.29. The van der Waals surface area contributed by atoms with Crippen LogP contribution in [0.5, 0.6) is 11.5 Å². The Morgan fingerprint density at radius 2 is 1.71 bits per heavy atom. The topological polar surface area (TPSA) is 128 Å². The maximum atomic E-state index is 13.5. The van der Waals surface area contributed by atoms with Gasteiger partial charge in [-0.05, 0) is 41.5 Å². The Labute approximate surface area is 248 Å². The summed E-state index contributed by atoms with van der Waals surface area (Å²) < 4.78 is 16.6. The number of methoxy groups -OCH3 is 1. The van der Waals surface area contributed by atoms with E-state index in [-0.39, 0.29) is 22.0 Å². The smallest absolute Gasteiger partial charge is 0.337 e. The molecule has 4 aromatic rings. The summed E-state index contributed by atoms with van der Waals surface area (Å²) in [5, 5.41) is 20.2. The van der Waals surface area contributed by atoms with Gasteiger partial charge in [0, 0.05) is 11.3 Å². The molecule has 1 aromatic heterocycles. The van der Waals surface area contributed by atoms with E-state index in [1.54, 1.807) is 30.3 Å². The SMILES string of the molecule is COC(=O)c1ccc([C@H]2/C(=C(\O)c3ccc4c(c3)OCCO4)C(=O)C(=O)N2c2nnc(SCc3ccccc3)s2)cc1. The zero-order valence-corrected chi connectivity index (χ0v) is 23.8. The number of aromatic nitrogens is 2. The molecule has 0 saturated carbocycles. The highest BCUT2D eigenvalue weighted by atomic mass is 32.2.